The molecule has 1 atom stereocenters. The quantitative estimate of drug-likeness (QED) is 0.732. The van der Waals surface area contributed by atoms with Gasteiger partial charge in [0, 0.05) is 31.2 Å². The molecule has 2 amide bonds. The predicted octanol–water partition coefficient (Wildman–Crippen LogP) is 0.407. The molecule has 7 heteroatoms. The fourth-order valence-electron chi connectivity index (χ4n) is 2.30. The van der Waals surface area contributed by atoms with Crippen LogP contribution in [0.15, 0.2) is 28.7 Å². The summed E-state index contributed by atoms with van der Waals surface area (Å²) in [4.78, 5) is 25.9. The average molecular weight is 355 g/mol. The Morgan fingerprint density at radius 2 is 2.19 bits per heavy atom. The Balaban J connectivity index is 1.97. The van der Waals surface area contributed by atoms with E-state index in [1.54, 1.807) is 7.05 Å². The number of para-hydroxylation sites is 1. The van der Waals surface area contributed by atoms with Crippen molar-refractivity contribution in [1.82, 2.24) is 15.5 Å². The lowest BCUT2D eigenvalue weighted by molar-refractivity contribution is -0.128. The van der Waals surface area contributed by atoms with Gasteiger partial charge in [-0.2, -0.15) is 0 Å². The van der Waals surface area contributed by atoms with Crippen LogP contribution < -0.4 is 16.0 Å². The molecular formula is C14H19BrN4O2. The average Bonchev–Trinajstić information content (AvgIpc) is 2.49. The zero-order chi connectivity index (χ0) is 15.2. The van der Waals surface area contributed by atoms with Crippen molar-refractivity contribution in [2.75, 3.05) is 38.5 Å². The number of anilines is 1. The van der Waals surface area contributed by atoms with Crippen LogP contribution in [0.5, 0.6) is 0 Å². The lowest BCUT2D eigenvalue weighted by Gasteiger charge is -2.34. The Labute approximate surface area is 132 Å². The van der Waals surface area contributed by atoms with Crippen molar-refractivity contribution in [1.29, 1.82) is 0 Å². The molecular weight excluding hydrogens is 336 g/mol. The van der Waals surface area contributed by atoms with Gasteiger partial charge in [-0.25, -0.2) is 0 Å². The van der Waals surface area contributed by atoms with Gasteiger partial charge in [-0.05, 0) is 28.1 Å². The maximum atomic E-state index is 12.2. The molecule has 1 unspecified atom stereocenters. The van der Waals surface area contributed by atoms with Crippen LogP contribution in [0.1, 0.15) is 0 Å². The van der Waals surface area contributed by atoms with Crippen molar-refractivity contribution in [3.63, 3.8) is 0 Å². The summed E-state index contributed by atoms with van der Waals surface area (Å²) in [5.41, 5.74) is 0.731. The fourth-order valence-corrected chi connectivity index (χ4v) is 2.68. The monoisotopic (exact) mass is 354 g/mol. The highest BCUT2D eigenvalue weighted by Crippen LogP contribution is 2.21. The van der Waals surface area contributed by atoms with Crippen molar-refractivity contribution in [2.24, 2.45) is 0 Å². The van der Waals surface area contributed by atoms with Gasteiger partial charge in [0.05, 0.1) is 12.2 Å². The summed E-state index contributed by atoms with van der Waals surface area (Å²) in [6.07, 6.45) is 0. The van der Waals surface area contributed by atoms with E-state index in [1.165, 1.54) is 0 Å². The number of likely N-dealkylation sites (N-methyl/N-ethyl adjacent to an activating group) is 1. The highest BCUT2D eigenvalue weighted by molar-refractivity contribution is 9.10. The molecule has 0 saturated carbocycles. The fraction of sp³-hybridized carbons (Fsp3) is 0.429. The van der Waals surface area contributed by atoms with Gasteiger partial charge < -0.3 is 16.0 Å². The summed E-state index contributed by atoms with van der Waals surface area (Å²) in [6.45, 7) is 2.19. The van der Waals surface area contributed by atoms with Gasteiger partial charge in [-0.1, -0.05) is 12.1 Å². The number of nitrogens with zero attached hydrogens (tertiary/aromatic N) is 1. The number of hydrogen-bond acceptors (Lipinski definition) is 4. The minimum Gasteiger partial charge on any atom is -0.358 e. The number of carbonyl (C=O) groups excluding carboxylic acids is 2. The first-order valence-corrected chi connectivity index (χ1v) is 7.62. The third-order valence-corrected chi connectivity index (χ3v) is 4.09. The molecule has 1 aliphatic heterocycles. The van der Waals surface area contributed by atoms with Crippen LogP contribution >= 0.6 is 15.9 Å². The minimum atomic E-state index is -0.311. The van der Waals surface area contributed by atoms with E-state index >= 15 is 0 Å². The zero-order valence-corrected chi connectivity index (χ0v) is 13.4. The van der Waals surface area contributed by atoms with E-state index < -0.39 is 0 Å². The standard InChI is InChI=1S/C14H19BrN4O2/c1-16-14(21)12-8-17-6-7-19(12)9-13(20)18-11-5-3-2-4-10(11)15/h2-5,12,17H,6-9H2,1H3,(H,16,21)(H,18,20). The van der Waals surface area contributed by atoms with Gasteiger partial charge >= 0.3 is 0 Å². The van der Waals surface area contributed by atoms with Crippen molar-refractivity contribution in [3.05, 3.63) is 28.7 Å². The van der Waals surface area contributed by atoms with E-state index in [2.05, 4.69) is 31.9 Å². The van der Waals surface area contributed by atoms with Crippen LogP contribution in [0.2, 0.25) is 0 Å². The highest BCUT2D eigenvalue weighted by Gasteiger charge is 2.29. The van der Waals surface area contributed by atoms with Gasteiger partial charge in [0.1, 0.15) is 6.04 Å². The van der Waals surface area contributed by atoms with Gasteiger partial charge in [-0.15, -0.1) is 0 Å². The van der Waals surface area contributed by atoms with Gasteiger partial charge in [-0.3, -0.25) is 14.5 Å². The van der Waals surface area contributed by atoms with Crippen molar-refractivity contribution in [2.45, 2.75) is 6.04 Å². The molecule has 0 radical (unpaired) electrons. The molecule has 3 N–H and O–H groups in total. The number of amides is 2. The number of nitrogens with one attached hydrogen (secondary N) is 3. The minimum absolute atomic E-state index is 0.0732. The molecule has 0 aromatic heterocycles. The number of hydrogen-bond donors (Lipinski definition) is 3. The lowest BCUT2D eigenvalue weighted by Crippen LogP contribution is -2.58. The van der Waals surface area contributed by atoms with Crippen LogP contribution in [0.3, 0.4) is 0 Å². The van der Waals surface area contributed by atoms with E-state index in [9.17, 15) is 9.59 Å². The normalized spacial score (nSPS) is 19.0. The first kappa shape index (κ1) is 15.9. The van der Waals surface area contributed by atoms with E-state index in [1.807, 2.05) is 29.2 Å². The second-order valence-corrected chi connectivity index (χ2v) is 5.69. The Hall–Kier alpha value is -1.44. The maximum Gasteiger partial charge on any atom is 0.238 e. The Morgan fingerprint density at radius 3 is 2.90 bits per heavy atom. The summed E-state index contributed by atoms with van der Waals surface area (Å²) < 4.78 is 0.835. The summed E-state index contributed by atoms with van der Waals surface area (Å²) in [6, 6.07) is 7.13. The molecule has 6 nitrogen and oxygen atoms in total. The molecule has 114 valence electrons. The molecule has 1 heterocycles. The van der Waals surface area contributed by atoms with E-state index in [0.717, 1.165) is 16.7 Å². The second-order valence-electron chi connectivity index (χ2n) is 4.83. The number of halogens is 1. The van der Waals surface area contributed by atoms with Gasteiger partial charge in [0.15, 0.2) is 0 Å². The topological polar surface area (TPSA) is 73.5 Å². The van der Waals surface area contributed by atoms with Crippen LogP contribution in [0.25, 0.3) is 0 Å². The summed E-state index contributed by atoms with van der Waals surface area (Å²) in [7, 11) is 1.61. The second kappa shape index (κ2) is 7.53. The third-order valence-electron chi connectivity index (χ3n) is 3.40. The summed E-state index contributed by atoms with van der Waals surface area (Å²) >= 11 is 3.39. The van der Waals surface area contributed by atoms with Crippen LogP contribution in [-0.2, 0) is 9.59 Å². The smallest absolute Gasteiger partial charge is 0.238 e. The Bertz CT molecular complexity index is 523. The van der Waals surface area contributed by atoms with Crippen molar-refractivity contribution >= 4 is 33.4 Å². The molecule has 0 bridgehead atoms. The van der Waals surface area contributed by atoms with E-state index in [-0.39, 0.29) is 24.4 Å². The van der Waals surface area contributed by atoms with Gasteiger partial charge in [0.2, 0.25) is 11.8 Å². The third kappa shape index (κ3) is 4.26. The van der Waals surface area contributed by atoms with Crippen LogP contribution in [0, 0.1) is 0 Å². The van der Waals surface area contributed by atoms with Gasteiger partial charge in [0.25, 0.3) is 0 Å². The molecule has 1 saturated heterocycles. The van der Waals surface area contributed by atoms with Crippen molar-refractivity contribution in [3.8, 4) is 0 Å². The first-order chi connectivity index (χ1) is 10.1. The lowest BCUT2D eigenvalue weighted by atomic mass is 10.1. The summed E-state index contributed by atoms with van der Waals surface area (Å²) in [5.74, 6) is -0.200. The molecule has 2 rings (SSSR count). The zero-order valence-electron chi connectivity index (χ0n) is 11.9. The molecule has 1 aromatic carbocycles. The number of piperazine rings is 1. The van der Waals surface area contributed by atoms with Crippen LogP contribution in [0.4, 0.5) is 5.69 Å². The SMILES string of the molecule is CNC(=O)C1CNCCN1CC(=O)Nc1ccccc1Br. The Kier molecular flexibility index (Phi) is 5.72. The predicted molar refractivity (Wildman–Crippen MR) is 85.1 cm³/mol. The Morgan fingerprint density at radius 1 is 1.43 bits per heavy atom. The molecule has 1 fully saturated rings. The largest absolute Gasteiger partial charge is 0.358 e. The van der Waals surface area contributed by atoms with Crippen molar-refractivity contribution < 1.29 is 9.59 Å². The van der Waals surface area contributed by atoms with E-state index in [4.69, 9.17) is 0 Å². The molecule has 0 aliphatic carbocycles. The van der Waals surface area contributed by atoms with E-state index in [0.29, 0.717) is 13.1 Å². The highest BCUT2D eigenvalue weighted by atomic mass is 79.9. The van der Waals surface area contributed by atoms with Crippen LogP contribution in [-0.4, -0.2) is 56.0 Å². The molecule has 21 heavy (non-hydrogen) atoms. The summed E-state index contributed by atoms with van der Waals surface area (Å²) in [5, 5.41) is 8.66. The molecule has 1 aliphatic rings. The molecule has 0 spiro atoms. The molecule has 1 aromatic rings. The number of rotatable bonds is 4. The maximum absolute atomic E-state index is 12.2. The number of carbonyl (C=O) groups is 2. The number of benzene rings is 1. The first-order valence-electron chi connectivity index (χ1n) is 6.82.